The van der Waals surface area contributed by atoms with Crippen LogP contribution in [0, 0.1) is 11.8 Å². The first kappa shape index (κ1) is 15.2. The topological polar surface area (TPSA) is 17.1 Å². The summed E-state index contributed by atoms with van der Waals surface area (Å²) < 4.78 is 0. The fourth-order valence-electron chi connectivity index (χ4n) is 1.54. The molecular weight excluding hydrogens is 196 g/mol. The summed E-state index contributed by atoms with van der Waals surface area (Å²) in [6.45, 7) is 8.56. The van der Waals surface area contributed by atoms with E-state index in [1.807, 2.05) is 0 Å². The van der Waals surface area contributed by atoms with Crippen molar-refractivity contribution in [2.75, 3.05) is 0 Å². The maximum Gasteiger partial charge on any atom is 0.123 e. The van der Waals surface area contributed by atoms with Crippen LogP contribution in [0.5, 0.6) is 0 Å². The second-order valence-corrected chi connectivity index (χ2v) is 4.80. The molecule has 0 aliphatic heterocycles. The van der Waals surface area contributed by atoms with Gasteiger partial charge in [-0.1, -0.05) is 37.6 Å². The lowest BCUT2D eigenvalue weighted by atomic mass is 10.0. The van der Waals surface area contributed by atoms with Gasteiger partial charge in [-0.25, -0.2) is 0 Å². The molecule has 0 bridgehead atoms. The molecule has 0 aromatic carbocycles. The normalized spacial score (nSPS) is 14.8. The lowest BCUT2D eigenvalue weighted by Gasteiger charge is -2.05. The van der Waals surface area contributed by atoms with Gasteiger partial charge in [0, 0.05) is 5.92 Å². The van der Waals surface area contributed by atoms with Crippen molar-refractivity contribution in [1.82, 2.24) is 0 Å². The van der Waals surface area contributed by atoms with Crippen LogP contribution in [-0.4, -0.2) is 6.29 Å². The largest absolute Gasteiger partial charge is 0.303 e. The van der Waals surface area contributed by atoms with Gasteiger partial charge in [0.15, 0.2) is 0 Å². The van der Waals surface area contributed by atoms with E-state index in [4.69, 9.17) is 0 Å². The summed E-state index contributed by atoms with van der Waals surface area (Å²) in [4.78, 5) is 10.6. The van der Waals surface area contributed by atoms with Gasteiger partial charge in [0.1, 0.15) is 6.29 Å². The van der Waals surface area contributed by atoms with Crippen molar-refractivity contribution in [1.29, 1.82) is 0 Å². The average Bonchev–Trinajstić information content (AvgIpc) is 2.24. The smallest absolute Gasteiger partial charge is 0.123 e. The molecule has 0 saturated heterocycles. The van der Waals surface area contributed by atoms with Crippen molar-refractivity contribution in [2.24, 2.45) is 11.8 Å². The van der Waals surface area contributed by atoms with Crippen LogP contribution in [0.4, 0.5) is 0 Å². The third kappa shape index (κ3) is 8.46. The van der Waals surface area contributed by atoms with E-state index in [0.717, 1.165) is 25.5 Å². The van der Waals surface area contributed by atoms with Crippen LogP contribution in [0.15, 0.2) is 23.8 Å². The van der Waals surface area contributed by atoms with Crippen LogP contribution in [0.3, 0.4) is 0 Å². The first-order chi connectivity index (χ1) is 7.60. The monoisotopic (exact) mass is 222 g/mol. The number of hydrogen-bond donors (Lipinski definition) is 0. The van der Waals surface area contributed by atoms with Crippen LogP contribution >= 0.6 is 0 Å². The second-order valence-electron chi connectivity index (χ2n) is 4.80. The summed E-state index contributed by atoms with van der Waals surface area (Å²) in [5.41, 5.74) is 1.39. The molecule has 16 heavy (non-hydrogen) atoms. The molecule has 0 aromatic rings. The Labute approximate surface area is 101 Å². The molecule has 0 radical (unpaired) electrons. The van der Waals surface area contributed by atoms with Gasteiger partial charge < -0.3 is 4.79 Å². The summed E-state index contributed by atoms with van der Waals surface area (Å²) in [6.07, 6.45) is 11.9. The number of carbonyl (C=O) groups excluding carboxylic acids is 1. The van der Waals surface area contributed by atoms with Gasteiger partial charge in [0.2, 0.25) is 0 Å². The minimum absolute atomic E-state index is 0.209. The quantitative estimate of drug-likeness (QED) is 0.435. The van der Waals surface area contributed by atoms with Gasteiger partial charge in [-0.2, -0.15) is 0 Å². The van der Waals surface area contributed by atoms with Crippen LogP contribution in [0.1, 0.15) is 53.4 Å². The van der Waals surface area contributed by atoms with Crippen LogP contribution < -0.4 is 0 Å². The number of aldehydes is 1. The zero-order valence-electron chi connectivity index (χ0n) is 11.2. The average molecular weight is 222 g/mol. The predicted molar refractivity (Wildman–Crippen MR) is 71.4 cm³/mol. The highest BCUT2D eigenvalue weighted by Crippen LogP contribution is 2.11. The highest BCUT2D eigenvalue weighted by molar-refractivity contribution is 5.53. The number of carbonyl (C=O) groups is 1. The third-order valence-corrected chi connectivity index (χ3v) is 2.79. The molecule has 0 heterocycles. The minimum Gasteiger partial charge on any atom is -0.303 e. The summed E-state index contributed by atoms with van der Waals surface area (Å²) in [7, 11) is 0. The Bertz CT molecular complexity index is 234. The van der Waals surface area contributed by atoms with E-state index in [9.17, 15) is 4.79 Å². The molecule has 0 amide bonds. The first-order valence-electron chi connectivity index (χ1n) is 6.35. The lowest BCUT2D eigenvalue weighted by Crippen LogP contribution is -1.98. The van der Waals surface area contributed by atoms with E-state index in [1.165, 1.54) is 12.0 Å². The standard InChI is InChI=1S/C15H26O/c1-5-15(12-16)11-7-10-14(4)9-6-8-13(2)3/h7-8,10,12,14-15H,5-6,9,11H2,1-4H3. The van der Waals surface area contributed by atoms with Gasteiger partial charge in [-0.05, 0) is 45.4 Å². The molecule has 0 fully saturated rings. The highest BCUT2D eigenvalue weighted by atomic mass is 16.1. The van der Waals surface area contributed by atoms with Crippen molar-refractivity contribution in [3.05, 3.63) is 23.8 Å². The van der Waals surface area contributed by atoms with E-state index in [1.54, 1.807) is 0 Å². The molecule has 92 valence electrons. The molecule has 0 spiro atoms. The molecule has 1 heteroatoms. The Balaban J connectivity index is 3.77. The summed E-state index contributed by atoms with van der Waals surface area (Å²) in [6, 6.07) is 0. The lowest BCUT2D eigenvalue weighted by molar-refractivity contribution is -0.111. The van der Waals surface area contributed by atoms with Crippen LogP contribution in [0.25, 0.3) is 0 Å². The zero-order chi connectivity index (χ0) is 12.4. The molecule has 1 nitrogen and oxygen atoms in total. The van der Waals surface area contributed by atoms with Crippen molar-refractivity contribution in [3.8, 4) is 0 Å². The van der Waals surface area contributed by atoms with Crippen LogP contribution in [-0.2, 0) is 4.79 Å². The van der Waals surface area contributed by atoms with E-state index in [0.29, 0.717) is 5.92 Å². The summed E-state index contributed by atoms with van der Waals surface area (Å²) >= 11 is 0. The fourth-order valence-corrected chi connectivity index (χ4v) is 1.54. The van der Waals surface area contributed by atoms with Gasteiger partial charge in [-0.15, -0.1) is 0 Å². The van der Waals surface area contributed by atoms with Crippen molar-refractivity contribution in [3.63, 3.8) is 0 Å². The molecule has 0 aliphatic carbocycles. The van der Waals surface area contributed by atoms with E-state index >= 15 is 0 Å². The molecule has 2 atom stereocenters. The van der Waals surface area contributed by atoms with Crippen LogP contribution in [0.2, 0.25) is 0 Å². The van der Waals surface area contributed by atoms with Crippen molar-refractivity contribution >= 4 is 6.29 Å². The maximum absolute atomic E-state index is 10.6. The van der Waals surface area contributed by atoms with Gasteiger partial charge in [-0.3, -0.25) is 0 Å². The molecular formula is C15H26O. The Kier molecular flexibility index (Phi) is 8.88. The number of rotatable bonds is 8. The molecule has 0 rings (SSSR count). The fraction of sp³-hybridized carbons (Fsp3) is 0.667. The Morgan fingerprint density at radius 2 is 2.00 bits per heavy atom. The SMILES string of the molecule is CCC(C=O)CC=CC(C)CCC=C(C)C. The zero-order valence-corrected chi connectivity index (χ0v) is 11.2. The molecule has 0 N–H and O–H groups in total. The number of allylic oxidation sites excluding steroid dienone is 4. The first-order valence-corrected chi connectivity index (χ1v) is 6.35. The van der Waals surface area contributed by atoms with E-state index < -0.39 is 0 Å². The Hall–Kier alpha value is -0.850. The molecule has 0 saturated carbocycles. The third-order valence-electron chi connectivity index (χ3n) is 2.79. The van der Waals surface area contributed by atoms with E-state index in [-0.39, 0.29) is 5.92 Å². The Morgan fingerprint density at radius 1 is 1.31 bits per heavy atom. The second kappa shape index (κ2) is 9.38. The highest BCUT2D eigenvalue weighted by Gasteiger charge is 2.01. The number of hydrogen-bond acceptors (Lipinski definition) is 1. The minimum atomic E-state index is 0.209. The van der Waals surface area contributed by atoms with Gasteiger partial charge in [0.05, 0.1) is 0 Å². The molecule has 0 aliphatic rings. The van der Waals surface area contributed by atoms with Crippen molar-refractivity contribution in [2.45, 2.75) is 53.4 Å². The maximum atomic E-state index is 10.6. The Morgan fingerprint density at radius 3 is 2.50 bits per heavy atom. The van der Waals surface area contributed by atoms with E-state index in [2.05, 4.69) is 45.9 Å². The van der Waals surface area contributed by atoms with Gasteiger partial charge >= 0.3 is 0 Å². The summed E-state index contributed by atoms with van der Waals surface area (Å²) in [5, 5.41) is 0. The van der Waals surface area contributed by atoms with Crippen molar-refractivity contribution < 1.29 is 4.79 Å². The molecule has 0 aromatic heterocycles. The predicted octanol–water partition coefficient (Wildman–Crippen LogP) is 4.54. The van der Waals surface area contributed by atoms with Gasteiger partial charge in [0.25, 0.3) is 0 Å². The summed E-state index contributed by atoms with van der Waals surface area (Å²) in [5.74, 6) is 0.820. The molecule has 2 unspecified atom stereocenters.